The Kier molecular flexibility index (Phi) is 7.43. The lowest BCUT2D eigenvalue weighted by molar-refractivity contribution is -0.186. The Balaban J connectivity index is 1.64. The number of halogens is 2. The van der Waals surface area contributed by atoms with Gasteiger partial charge in [-0.1, -0.05) is 28.6 Å². The monoisotopic (exact) mass is 558 g/mol. The SMILES string of the molecule is CO[C@@H]1[C@@H](n2cc(-c3nc(Cl)cs3)nn2)[C@@H](O)[C@@H](CO)O[C@@H]1Sc1cnc(C#N)c(Br)c1. The highest BCUT2D eigenvalue weighted by molar-refractivity contribution is 9.10. The van der Waals surface area contributed by atoms with Crippen LogP contribution in [0.5, 0.6) is 0 Å². The van der Waals surface area contributed by atoms with Crippen LogP contribution in [0.2, 0.25) is 5.15 Å². The van der Waals surface area contributed by atoms with Crippen LogP contribution < -0.4 is 0 Å². The van der Waals surface area contributed by atoms with Crippen molar-refractivity contribution < 1.29 is 19.7 Å². The molecule has 1 aliphatic rings. The van der Waals surface area contributed by atoms with Gasteiger partial charge in [-0.25, -0.2) is 14.6 Å². The second-order valence-electron chi connectivity index (χ2n) is 6.70. The summed E-state index contributed by atoms with van der Waals surface area (Å²) >= 11 is 11.9. The molecule has 168 valence electrons. The Morgan fingerprint density at radius 3 is 2.94 bits per heavy atom. The lowest BCUT2D eigenvalue weighted by Crippen LogP contribution is -2.55. The van der Waals surface area contributed by atoms with Gasteiger partial charge in [0, 0.05) is 23.6 Å². The average molecular weight is 560 g/mol. The summed E-state index contributed by atoms with van der Waals surface area (Å²) in [5.41, 5.74) is 0.149. The van der Waals surface area contributed by atoms with Crippen LogP contribution in [-0.2, 0) is 9.47 Å². The van der Waals surface area contributed by atoms with Gasteiger partial charge in [-0.2, -0.15) is 5.26 Å². The first-order valence-corrected chi connectivity index (χ1v) is 12.1. The van der Waals surface area contributed by atoms with Crippen molar-refractivity contribution in [3.05, 3.63) is 39.2 Å². The molecule has 0 aliphatic carbocycles. The van der Waals surface area contributed by atoms with Crippen molar-refractivity contribution in [1.82, 2.24) is 25.0 Å². The van der Waals surface area contributed by atoms with Crippen molar-refractivity contribution in [3.63, 3.8) is 0 Å². The Labute approximate surface area is 204 Å². The predicted octanol–water partition coefficient (Wildman–Crippen LogP) is 2.51. The van der Waals surface area contributed by atoms with E-state index in [9.17, 15) is 10.2 Å². The van der Waals surface area contributed by atoms with Crippen LogP contribution in [0.15, 0.2) is 33.2 Å². The third-order valence-electron chi connectivity index (χ3n) is 4.78. The summed E-state index contributed by atoms with van der Waals surface area (Å²) in [6, 6.07) is 3.04. The van der Waals surface area contributed by atoms with Gasteiger partial charge in [-0.15, -0.1) is 16.4 Å². The number of nitriles is 1. The summed E-state index contributed by atoms with van der Waals surface area (Å²) in [6.45, 7) is -0.399. The van der Waals surface area contributed by atoms with E-state index >= 15 is 0 Å². The fraction of sp³-hybridized carbons (Fsp3) is 0.389. The zero-order valence-electron chi connectivity index (χ0n) is 16.4. The summed E-state index contributed by atoms with van der Waals surface area (Å²) in [7, 11) is 1.51. The van der Waals surface area contributed by atoms with Crippen molar-refractivity contribution in [1.29, 1.82) is 5.26 Å². The summed E-state index contributed by atoms with van der Waals surface area (Å²) < 4.78 is 13.7. The van der Waals surface area contributed by atoms with E-state index in [-0.39, 0.29) is 5.69 Å². The number of thiazole rings is 1. The molecule has 3 aromatic heterocycles. The molecule has 32 heavy (non-hydrogen) atoms. The highest BCUT2D eigenvalue weighted by atomic mass is 79.9. The molecule has 0 unspecified atom stereocenters. The van der Waals surface area contributed by atoms with Crippen LogP contribution in [0.1, 0.15) is 11.7 Å². The number of nitrogens with zero attached hydrogens (tertiary/aromatic N) is 6. The van der Waals surface area contributed by atoms with E-state index in [0.29, 0.717) is 25.2 Å². The van der Waals surface area contributed by atoms with Crippen LogP contribution in [0.3, 0.4) is 0 Å². The molecule has 0 radical (unpaired) electrons. The van der Waals surface area contributed by atoms with Crippen LogP contribution >= 0.6 is 50.6 Å². The largest absolute Gasteiger partial charge is 0.394 e. The molecule has 0 amide bonds. The van der Waals surface area contributed by atoms with Crippen LogP contribution in [0.25, 0.3) is 10.7 Å². The van der Waals surface area contributed by atoms with Gasteiger partial charge >= 0.3 is 0 Å². The number of hydrogen-bond donors (Lipinski definition) is 2. The van der Waals surface area contributed by atoms with Gasteiger partial charge in [0.15, 0.2) is 5.69 Å². The van der Waals surface area contributed by atoms with Crippen molar-refractivity contribution in [2.24, 2.45) is 0 Å². The maximum atomic E-state index is 10.9. The lowest BCUT2D eigenvalue weighted by atomic mass is 9.97. The van der Waals surface area contributed by atoms with E-state index in [2.05, 4.69) is 36.2 Å². The molecule has 10 nitrogen and oxygen atoms in total. The maximum absolute atomic E-state index is 10.9. The molecule has 1 fully saturated rings. The molecule has 0 spiro atoms. The Morgan fingerprint density at radius 2 is 2.31 bits per heavy atom. The summed E-state index contributed by atoms with van der Waals surface area (Å²) in [6.07, 6.45) is 0.568. The minimum atomic E-state index is -1.11. The second kappa shape index (κ2) is 10.1. The Bertz CT molecular complexity index is 1140. The van der Waals surface area contributed by atoms with Gasteiger partial charge in [0.25, 0.3) is 0 Å². The number of thioether (sulfide) groups is 1. The number of rotatable bonds is 6. The molecule has 4 heterocycles. The van der Waals surface area contributed by atoms with Crippen molar-refractivity contribution in [2.45, 2.75) is 34.7 Å². The van der Waals surface area contributed by atoms with E-state index in [0.717, 1.165) is 0 Å². The van der Waals surface area contributed by atoms with E-state index < -0.39 is 36.4 Å². The lowest BCUT2D eigenvalue weighted by Gasteiger charge is -2.43. The standard InChI is InChI=1S/C18H16BrClN6O4S2/c1-29-16-14(26-5-11(24-25-26)17-23-13(20)7-31-17)15(28)12(6-27)30-18(16)32-8-2-9(19)10(3-21)22-4-8/h2,4-5,7,12,14-16,18,27-28H,6H2,1H3/t12-,14+,15+,16-,18-/m1/s1. The van der Waals surface area contributed by atoms with Gasteiger partial charge in [-0.05, 0) is 22.0 Å². The fourth-order valence-electron chi connectivity index (χ4n) is 3.30. The number of aliphatic hydroxyl groups is 2. The maximum Gasteiger partial charge on any atom is 0.154 e. The summed E-state index contributed by atoms with van der Waals surface area (Å²) in [4.78, 5) is 9.02. The Morgan fingerprint density at radius 1 is 1.50 bits per heavy atom. The topological polar surface area (TPSA) is 139 Å². The van der Waals surface area contributed by atoms with E-state index in [1.807, 2.05) is 6.07 Å². The molecule has 1 aliphatic heterocycles. The molecule has 4 rings (SSSR count). The van der Waals surface area contributed by atoms with E-state index in [1.54, 1.807) is 23.8 Å². The number of ether oxygens (including phenoxy) is 2. The molecule has 5 atom stereocenters. The van der Waals surface area contributed by atoms with E-state index in [4.69, 9.17) is 26.3 Å². The molecule has 0 bridgehead atoms. The zero-order chi connectivity index (χ0) is 22.8. The first-order chi connectivity index (χ1) is 15.4. The van der Waals surface area contributed by atoms with Gasteiger partial charge < -0.3 is 19.7 Å². The molecule has 0 aromatic carbocycles. The molecule has 14 heteroatoms. The van der Waals surface area contributed by atoms with Crippen LogP contribution in [0, 0.1) is 11.3 Å². The number of methoxy groups -OCH3 is 1. The van der Waals surface area contributed by atoms with Gasteiger partial charge in [-0.3, -0.25) is 0 Å². The van der Waals surface area contributed by atoms with Gasteiger partial charge in [0.05, 0.1) is 17.3 Å². The molecular formula is C18H16BrClN6O4S2. The van der Waals surface area contributed by atoms with Crippen molar-refractivity contribution in [3.8, 4) is 16.8 Å². The summed E-state index contributed by atoms with van der Waals surface area (Å²) in [5.74, 6) is 0. The van der Waals surface area contributed by atoms with Gasteiger partial charge in [0.2, 0.25) is 0 Å². The van der Waals surface area contributed by atoms with Crippen molar-refractivity contribution in [2.75, 3.05) is 13.7 Å². The third kappa shape index (κ3) is 4.68. The summed E-state index contributed by atoms with van der Waals surface area (Å²) in [5, 5.41) is 40.8. The number of pyridine rings is 1. The minimum absolute atomic E-state index is 0.265. The Hall–Kier alpha value is -1.63. The highest BCUT2D eigenvalue weighted by Crippen LogP contribution is 2.40. The first kappa shape index (κ1) is 23.5. The molecular weight excluding hydrogens is 544 g/mol. The van der Waals surface area contributed by atoms with Crippen LogP contribution in [-0.4, -0.2) is 72.6 Å². The number of hydrogen-bond acceptors (Lipinski definition) is 11. The van der Waals surface area contributed by atoms with Crippen LogP contribution in [0.4, 0.5) is 0 Å². The predicted molar refractivity (Wildman–Crippen MR) is 120 cm³/mol. The van der Waals surface area contributed by atoms with Crippen molar-refractivity contribution >= 4 is 50.6 Å². The third-order valence-corrected chi connectivity index (χ3v) is 7.68. The smallest absolute Gasteiger partial charge is 0.154 e. The molecule has 0 saturated carbocycles. The molecule has 3 aromatic rings. The number of aliphatic hydroxyl groups excluding tert-OH is 2. The normalized spacial score (nSPS) is 25.6. The second-order valence-corrected chi connectivity index (χ2v) is 9.97. The minimum Gasteiger partial charge on any atom is -0.394 e. The molecule has 1 saturated heterocycles. The van der Waals surface area contributed by atoms with E-state index in [1.165, 1.54) is 34.9 Å². The quantitative estimate of drug-likeness (QED) is 0.463. The zero-order valence-corrected chi connectivity index (χ0v) is 20.3. The fourth-order valence-corrected chi connectivity index (χ4v) is 5.96. The first-order valence-electron chi connectivity index (χ1n) is 9.17. The average Bonchev–Trinajstić information content (AvgIpc) is 3.43. The highest BCUT2D eigenvalue weighted by Gasteiger charge is 2.47. The van der Waals surface area contributed by atoms with Gasteiger partial charge in [0.1, 0.15) is 51.7 Å². The number of aromatic nitrogens is 5. The molecule has 2 N–H and O–H groups in total.